The van der Waals surface area contributed by atoms with Gasteiger partial charge in [-0.1, -0.05) is 19.9 Å². The average Bonchev–Trinajstić information content (AvgIpc) is 2.34. The largest absolute Gasteiger partial charge is 0.394 e. The molecule has 0 aliphatic rings. The van der Waals surface area contributed by atoms with E-state index in [-0.39, 0.29) is 18.5 Å². The lowest BCUT2D eigenvalue weighted by Crippen LogP contribution is -2.23. The second kappa shape index (κ2) is 7.74. The molecule has 0 amide bonds. The van der Waals surface area contributed by atoms with E-state index in [2.05, 4.69) is 5.32 Å². The summed E-state index contributed by atoms with van der Waals surface area (Å²) in [7, 11) is 0. The van der Waals surface area contributed by atoms with Gasteiger partial charge in [0.25, 0.3) is 0 Å². The third-order valence-corrected chi connectivity index (χ3v) is 3.65. The zero-order valence-electron chi connectivity index (χ0n) is 10.7. The summed E-state index contributed by atoms with van der Waals surface area (Å²) in [5.74, 6) is 0.112. The fourth-order valence-corrected chi connectivity index (χ4v) is 2.39. The molecule has 0 bridgehead atoms. The lowest BCUT2D eigenvalue weighted by molar-refractivity contribution is 0.113. The first-order valence-corrected chi connectivity index (χ1v) is 6.95. The molecular weight excluding hydrogens is 253 g/mol. The Bertz CT molecular complexity index is 374. The molecule has 0 aliphatic carbocycles. The van der Waals surface area contributed by atoms with E-state index >= 15 is 0 Å². The van der Waals surface area contributed by atoms with Crippen LogP contribution < -0.4 is 5.32 Å². The third kappa shape index (κ3) is 4.94. The van der Waals surface area contributed by atoms with E-state index in [1.165, 1.54) is 17.8 Å². The normalized spacial score (nSPS) is 13.0. The molecule has 1 unspecified atom stereocenters. The Kier molecular flexibility index (Phi) is 6.63. The summed E-state index contributed by atoms with van der Waals surface area (Å²) in [5.41, 5.74) is 0.612. The van der Waals surface area contributed by atoms with Gasteiger partial charge in [-0.15, -0.1) is 11.8 Å². The minimum absolute atomic E-state index is 0.244. The van der Waals surface area contributed by atoms with Gasteiger partial charge < -0.3 is 15.5 Å². The van der Waals surface area contributed by atoms with Crippen LogP contribution in [0.3, 0.4) is 0 Å². The molecule has 1 aromatic rings. The van der Waals surface area contributed by atoms with Gasteiger partial charge in [-0.3, -0.25) is 0 Å². The van der Waals surface area contributed by atoms with Gasteiger partial charge in [-0.05, 0) is 12.1 Å². The van der Waals surface area contributed by atoms with E-state index in [0.29, 0.717) is 17.9 Å². The number of hydrogen-bond acceptors (Lipinski definition) is 4. The van der Waals surface area contributed by atoms with Crippen LogP contribution in [-0.4, -0.2) is 34.7 Å². The van der Waals surface area contributed by atoms with Crippen LogP contribution in [0, 0.1) is 5.82 Å². The molecule has 3 nitrogen and oxygen atoms in total. The quantitative estimate of drug-likeness (QED) is 0.663. The number of benzene rings is 1. The van der Waals surface area contributed by atoms with Crippen molar-refractivity contribution in [2.24, 2.45) is 0 Å². The molecule has 0 aromatic heterocycles. The van der Waals surface area contributed by atoms with Gasteiger partial charge in [0.15, 0.2) is 0 Å². The average molecular weight is 273 g/mol. The van der Waals surface area contributed by atoms with Crippen LogP contribution in [0.5, 0.6) is 0 Å². The van der Waals surface area contributed by atoms with Crippen LogP contribution in [0.2, 0.25) is 0 Å². The first-order valence-electron chi connectivity index (χ1n) is 5.97. The Morgan fingerprint density at radius 1 is 1.39 bits per heavy atom. The van der Waals surface area contributed by atoms with E-state index in [1.54, 1.807) is 6.07 Å². The lowest BCUT2D eigenvalue weighted by atomic mass is 10.2. The van der Waals surface area contributed by atoms with Crippen molar-refractivity contribution in [3.8, 4) is 0 Å². The summed E-state index contributed by atoms with van der Waals surface area (Å²) in [6.07, 6.45) is -0.774. The Balaban J connectivity index is 2.73. The highest BCUT2D eigenvalue weighted by atomic mass is 32.2. The summed E-state index contributed by atoms with van der Waals surface area (Å²) in [6, 6.07) is 5.20. The Morgan fingerprint density at radius 3 is 2.72 bits per heavy atom. The summed E-state index contributed by atoms with van der Waals surface area (Å²) in [5, 5.41) is 21.3. The van der Waals surface area contributed by atoms with Crippen molar-refractivity contribution in [2.45, 2.75) is 37.4 Å². The maximum absolute atomic E-state index is 13.7. The molecule has 1 atom stereocenters. The van der Waals surface area contributed by atoms with Crippen LogP contribution in [0.15, 0.2) is 23.1 Å². The number of halogens is 1. The number of aliphatic hydroxyl groups is 2. The number of aliphatic hydroxyl groups excluding tert-OH is 2. The monoisotopic (exact) mass is 273 g/mol. The Hall–Kier alpha value is -0.620. The van der Waals surface area contributed by atoms with Crippen molar-refractivity contribution < 1.29 is 14.6 Å². The zero-order valence-corrected chi connectivity index (χ0v) is 11.5. The zero-order chi connectivity index (χ0) is 13.5. The van der Waals surface area contributed by atoms with Crippen LogP contribution in [-0.2, 0) is 6.54 Å². The standard InChI is InChI=1S/C13H20FNO2S/c1-9(2)15-6-11-12(14)4-3-5-13(11)18-8-10(17)7-16/h3-5,9-10,15-17H,6-8H2,1-2H3. The SMILES string of the molecule is CC(C)NCc1c(F)cccc1SCC(O)CO. The molecule has 1 rings (SSSR count). The molecule has 0 saturated heterocycles. The highest BCUT2D eigenvalue weighted by Gasteiger charge is 2.11. The Morgan fingerprint density at radius 2 is 2.11 bits per heavy atom. The minimum atomic E-state index is -0.774. The molecule has 0 fully saturated rings. The second-order valence-corrected chi connectivity index (χ2v) is 5.46. The molecule has 3 N–H and O–H groups in total. The minimum Gasteiger partial charge on any atom is -0.394 e. The molecular formula is C13H20FNO2S. The molecule has 0 saturated carbocycles. The fourth-order valence-electron chi connectivity index (χ4n) is 1.39. The molecule has 0 aliphatic heterocycles. The van der Waals surface area contributed by atoms with E-state index in [1.807, 2.05) is 19.9 Å². The molecule has 102 valence electrons. The van der Waals surface area contributed by atoms with Crippen molar-refractivity contribution in [1.82, 2.24) is 5.32 Å². The molecule has 0 heterocycles. The summed E-state index contributed by atoms with van der Waals surface area (Å²) < 4.78 is 13.7. The van der Waals surface area contributed by atoms with Crippen molar-refractivity contribution in [2.75, 3.05) is 12.4 Å². The first kappa shape index (κ1) is 15.4. The Labute approximate surface area is 111 Å². The summed E-state index contributed by atoms with van der Waals surface area (Å²) in [6.45, 7) is 4.19. The van der Waals surface area contributed by atoms with E-state index in [0.717, 1.165) is 4.90 Å². The molecule has 0 radical (unpaired) electrons. The summed E-state index contributed by atoms with van der Waals surface area (Å²) >= 11 is 1.36. The highest BCUT2D eigenvalue weighted by Crippen LogP contribution is 2.25. The van der Waals surface area contributed by atoms with Gasteiger partial charge in [0.1, 0.15) is 5.82 Å². The highest BCUT2D eigenvalue weighted by molar-refractivity contribution is 7.99. The van der Waals surface area contributed by atoms with Gasteiger partial charge >= 0.3 is 0 Å². The van der Waals surface area contributed by atoms with Crippen LogP contribution >= 0.6 is 11.8 Å². The van der Waals surface area contributed by atoms with E-state index in [4.69, 9.17) is 5.11 Å². The van der Waals surface area contributed by atoms with Crippen LogP contribution in [0.25, 0.3) is 0 Å². The molecule has 1 aromatic carbocycles. The lowest BCUT2D eigenvalue weighted by Gasteiger charge is -2.14. The predicted molar refractivity (Wildman–Crippen MR) is 72.2 cm³/mol. The van der Waals surface area contributed by atoms with Gasteiger partial charge in [0.05, 0.1) is 12.7 Å². The van der Waals surface area contributed by atoms with Crippen molar-refractivity contribution in [3.63, 3.8) is 0 Å². The molecule has 5 heteroatoms. The van der Waals surface area contributed by atoms with Gasteiger partial charge in [0.2, 0.25) is 0 Å². The van der Waals surface area contributed by atoms with Crippen LogP contribution in [0.4, 0.5) is 4.39 Å². The van der Waals surface area contributed by atoms with E-state index < -0.39 is 6.10 Å². The fraction of sp³-hybridized carbons (Fsp3) is 0.538. The number of rotatable bonds is 7. The maximum Gasteiger partial charge on any atom is 0.128 e. The number of hydrogen-bond donors (Lipinski definition) is 3. The first-order chi connectivity index (χ1) is 8.54. The predicted octanol–water partition coefficient (Wildman–Crippen LogP) is 1.77. The second-order valence-electron chi connectivity index (χ2n) is 4.40. The van der Waals surface area contributed by atoms with Gasteiger partial charge in [-0.2, -0.15) is 0 Å². The van der Waals surface area contributed by atoms with Crippen molar-refractivity contribution >= 4 is 11.8 Å². The number of nitrogens with one attached hydrogen (secondary N) is 1. The van der Waals surface area contributed by atoms with Gasteiger partial charge in [-0.25, -0.2) is 4.39 Å². The maximum atomic E-state index is 13.7. The van der Waals surface area contributed by atoms with Gasteiger partial charge in [0, 0.05) is 28.8 Å². The topological polar surface area (TPSA) is 52.5 Å². The molecule has 18 heavy (non-hydrogen) atoms. The van der Waals surface area contributed by atoms with E-state index in [9.17, 15) is 9.50 Å². The number of thioether (sulfide) groups is 1. The third-order valence-electron chi connectivity index (χ3n) is 2.40. The smallest absolute Gasteiger partial charge is 0.128 e. The van der Waals surface area contributed by atoms with Crippen LogP contribution in [0.1, 0.15) is 19.4 Å². The van der Waals surface area contributed by atoms with Crippen molar-refractivity contribution in [1.29, 1.82) is 0 Å². The summed E-state index contributed by atoms with van der Waals surface area (Å²) in [4.78, 5) is 0.802. The van der Waals surface area contributed by atoms with Crippen molar-refractivity contribution in [3.05, 3.63) is 29.6 Å². The molecule has 0 spiro atoms.